The van der Waals surface area contributed by atoms with Gasteiger partial charge in [0.15, 0.2) is 16.9 Å². The van der Waals surface area contributed by atoms with Gasteiger partial charge < -0.3 is 14.9 Å². The van der Waals surface area contributed by atoms with Crippen LogP contribution in [0.15, 0.2) is 15.8 Å². The lowest BCUT2D eigenvalue weighted by Crippen LogP contribution is -2.49. The minimum Gasteiger partial charge on any atom is -0.387 e. The van der Waals surface area contributed by atoms with Crippen LogP contribution in [0.3, 0.4) is 0 Å². The van der Waals surface area contributed by atoms with Crippen molar-refractivity contribution < 1.29 is 37.7 Å². The largest absolute Gasteiger partial charge is 0.407 e. The Hall–Kier alpha value is -1.38. The van der Waals surface area contributed by atoms with Crippen LogP contribution >= 0.6 is 19.5 Å². The second-order valence-corrected chi connectivity index (χ2v) is 10.9. The summed E-state index contributed by atoms with van der Waals surface area (Å²) < 4.78 is 45.2. The van der Waals surface area contributed by atoms with Gasteiger partial charge in [-0.3, -0.25) is 28.2 Å². The van der Waals surface area contributed by atoms with Gasteiger partial charge >= 0.3 is 13.4 Å². The number of hydrogen-bond donors (Lipinski definition) is 3. The number of aryl methyl sites for hydroxylation is 1. The topological polar surface area (TPSA) is 160 Å². The predicted molar refractivity (Wildman–Crippen MR) is 113 cm³/mol. The first-order valence-electron chi connectivity index (χ1n) is 9.49. The molecule has 32 heavy (non-hydrogen) atoms. The summed E-state index contributed by atoms with van der Waals surface area (Å²) >= 11 is 0.958. The monoisotopic (exact) mass is 499 g/mol. The van der Waals surface area contributed by atoms with Crippen LogP contribution in [0.1, 0.15) is 18.7 Å². The lowest BCUT2D eigenvalue weighted by Gasteiger charge is -2.32. The Labute approximate surface area is 187 Å². The zero-order chi connectivity index (χ0) is 24.3. The van der Waals surface area contributed by atoms with Crippen LogP contribution in [0, 0.1) is 6.92 Å². The number of hydrogen-bond acceptors (Lipinski definition) is 10. The number of halogens is 1. The smallest absolute Gasteiger partial charge is 0.387 e. The fraction of sp³-hybridized carbons (Fsp3) is 0.706. The van der Waals surface area contributed by atoms with Crippen molar-refractivity contribution in [1.29, 1.82) is 0 Å². The number of carbonyl (C=O) groups excluding carboxylic acids is 1. The number of carbonyl (C=O) groups is 1. The van der Waals surface area contributed by atoms with Gasteiger partial charge in [0.05, 0.1) is 13.2 Å². The molecule has 2 heterocycles. The van der Waals surface area contributed by atoms with E-state index in [1.165, 1.54) is 27.9 Å². The van der Waals surface area contributed by atoms with Gasteiger partial charge in [0.1, 0.15) is 18.9 Å². The molecule has 0 bridgehead atoms. The first-order chi connectivity index (χ1) is 14.9. The highest BCUT2D eigenvalue weighted by Crippen LogP contribution is 2.52. The molecular formula is C17H27FN3O9PS. The van der Waals surface area contributed by atoms with Crippen LogP contribution < -0.4 is 11.2 Å². The minimum atomic E-state index is -3.97. The van der Waals surface area contributed by atoms with Gasteiger partial charge in [-0.25, -0.2) is 18.4 Å². The van der Waals surface area contributed by atoms with Crippen molar-refractivity contribution in [3.05, 3.63) is 32.6 Å². The van der Waals surface area contributed by atoms with Gasteiger partial charge in [-0.2, -0.15) is 0 Å². The highest BCUT2D eigenvalue weighted by Gasteiger charge is 2.56. The van der Waals surface area contributed by atoms with Gasteiger partial charge in [-0.1, -0.05) is 11.8 Å². The maximum Gasteiger partial charge on any atom is 0.407 e. The molecule has 0 amide bonds. The summed E-state index contributed by atoms with van der Waals surface area (Å²) in [6.07, 6.45) is -4.05. The fourth-order valence-electron chi connectivity index (χ4n) is 2.91. The van der Waals surface area contributed by atoms with E-state index in [2.05, 4.69) is 0 Å². The van der Waals surface area contributed by atoms with Gasteiger partial charge in [0.2, 0.25) is 0 Å². The Morgan fingerprint density at radius 3 is 2.62 bits per heavy atom. The molecule has 15 heteroatoms. The summed E-state index contributed by atoms with van der Waals surface area (Å²) in [7, 11) is -1.18. The number of rotatable bonds is 10. The molecule has 12 nitrogen and oxygen atoms in total. The lowest BCUT2D eigenvalue weighted by molar-refractivity contribution is -0.136. The number of aromatic nitrogens is 2. The van der Waals surface area contributed by atoms with Crippen LogP contribution in [0.5, 0.6) is 0 Å². The van der Waals surface area contributed by atoms with Crippen molar-refractivity contribution in [3.8, 4) is 0 Å². The fourth-order valence-corrected chi connectivity index (χ4v) is 4.73. The number of ether oxygens (including phenoxy) is 1. The number of thioether (sulfide) groups is 1. The van der Waals surface area contributed by atoms with Crippen molar-refractivity contribution in [3.63, 3.8) is 0 Å². The van der Waals surface area contributed by atoms with E-state index in [1.807, 2.05) is 4.98 Å². The number of nitrogens with one attached hydrogen (secondary N) is 1. The summed E-state index contributed by atoms with van der Waals surface area (Å²) in [6.45, 7) is 0.528. The van der Waals surface area contributed by atoms with Crippen LogP contribution in [0.4, 0.5) is 4.39 Å². The van der Waals surface area contributed by atoms with E-state index in [0.29, 0.717) is 0 Å². The second kappa shape index (κ2) is 10.7. The van der Waals surface area contributed by atoms with E-state index >= 15 is 0 Å². The molecule has 3 N–H and O–H groups in total. The summed E-state index contributed by atoms with van der Waals surface area (Å²) in [6, 6.07) is 0. The van der Waals surface area contributed by atoms with Crippen molar-refractivity contribution in [2.45, 2.75) is 37.9 Å². The van der Waals surface area contributed by atoms with E-state index in [-0.39, 0.29) is 23.0 Å². The summed E-state index contributed by atoms with van der Waals surface area (Å²) in [5.74, 6) is 0.208. The predicted octanol–water partition coefficient (Wildman–Crippen LogP) is -0.213. The van der Waals surface area contributed by atoms with E-state index in [9.17, 15) is 33.6 Å². The number of aliphatic hydroxyl groups is 2. The molecule has 5 atom stereocenters. The Kier molecular flexibility index (Phi) is 8.98. The number of aliphatic hydroxyl groups excluding tert-OH is 2. The Balaban J connectivity index is 2.22. The molecule has 0 saturated carbocycles. The van der Waals surface area contributed by atoms with E-state index < -0.39 is 56.3 Å². The summed E-state index contributed by atoms with van der Waals surface area (Å²) in [5, 5.41) is 20.8. The van der Waals surface area contributed by atoms with E-state index in [0.717, 1.165) is 27.2 Å². The molecule has 0 radical (unpaired) electrons. The highest BCUT2D eigenvalue weighted by molar-refractivity contribution is 8.13. The molecule has 0 spiro atoms. The maximum absolute atomic E-state index is 14.1. The average Bonchev–Trinajstić information content (AvgIpc) is 2.97. The molecule has 1 aromatic heterocycles. The molecule has 1 fully saturated rings. The number of alkyl halides is 1. The zero-order valence-corrected chi connectivity index (χ0v) is 19.7. The van der Waals surface area contributed by atoms with Crippen LogP contribution in [0.2, 0.25) is 0 Å². The van der Waals surface area contributed by atoms with Gasteiger partial charge in [-0.05, 0) is 21.0 Å². The van der Waals surface area contributed by atoms with Gasteiger partial charge in [-0.15, -0.1) is 0 Å². The molecule has 1 aliphatic rings. The molecular weight excluding hydrogens is 472 g/mol. The van der Waals surface area contributed by atoms with E-state index in [4.69, 9.17) is 13.8 Å². The first-order valence-corrected chi connectivity index (χ1v) is 12.0. The molecule has 0 aliphatic carbocycles. The van der Waals surface area contributed by atoms with E-state index in [1.54, 1.807) is 0 Å². The standard InChI is InChI=1S/C17H27FN3O9PS/c1-10-7-21(16(26)19-14(10)25)15-12(23)13(24)17(8-18,30-15)9-29-31(27,20(3)4)28-5-6-32-11(2)22/h7,12-13,15,23-24H,5-6,8-9H2,1-4H3,(H,19,25,26)/t12-,13?,15+,17+,31?/m0/s1. The Morgan fingerprint density at radius 1 is 1.41 bits per heavy atom. The number of H-pyrrole nitrogens is 1. The molecule has 1 aromatic rings. The molecule has 1 aliphatic heterocycles. The third kappa shape index (κ3) is 5.75. The number of nitrogens with zero attached hydrogens (tertiary/aromatic N) is 2. The molecule has 2 rings (SSSR count). The van der Waals surface area contributed by atoms with Gasteiger partial charge in [0, 0.05) is 24.4 Å². The average molecular weight is 499 g/mol. The third-order valence-corrected chi connectivity index (χ3v) is 7.48. The van der Waals surface area contributed by atoms with Crippen molar-refractivity contribution >= 4 is 24.6 Å². The molecule has 2 unspecified atom stereocenters. The van der Waals surface area contributed by atoms with Gasteiger partial charge in [0.25, 0.3) is 5.56 Å². The molecule has 1 saturated heterocycles. The first kappa shape index (κ1) is 26.9. The number of aromatic amines is 1. The zero-order valence-electron chi connectivity index (χ0n) is 18.0. The maximum atomic E-state index is 14.1. The van der Waals surface area contributed by atoms with Crippen LogP contribution in [0.25, 0.3) is 0 Å². The quantitative estimate of drug-likeness (QED) is 0.289. The Bertz CT molecular complexity index is 987. The normalized spacial score (nSPS) is 27.6. The second-order valence-electron chi connectivity index (χ2n) is 7.38. The summed E-state index contributed by atoms with van der Waals surface area (Å²) in [5.41, 5.74) is -3.63. The SMILES string of the molecule is CC(=O)SCCOP(=O)(OC[C@@]1(CF)O[C@@H](n2cc(C)c(=O)[nH]c2=O)[C@@H](O)C1O)N(C)C. The summed E-state index contributed by atoms with van der Waals surface area (Å²) in [4.78, 5) is 36.8. The third-order valence-electron chi connectivity index (χ3n) is 4.76. The minimum absolute atomic E-state index is 0.108. The Morgan fingerprint density at radius 2 is 2.06 bits per heavy atom. The van der Waals surface area contributed by atoms with Crippen LogP contribution in [-0.4, -0.2) is 87.1 Å². The van der Waals surface area contributed by atoms with Crippen molar-refractivity contribution in [2.24, 2.45) is 0 Å². The lowest BCUT2D eigenvalue weighted by atomic mass is 9.98. The molecule has 0 aromatic carbocycles. The highest BCUT2D eigenvalue weighted by atomic mass is 32.2. The van der Waals surface area contributed by atoms with Crippen molar-refractivity contribution in [1.82, 2.24) is 14.2 Å². The van der Waals surface area contributed by atoms with Crippen LogP contribution in [-0.2, 0) is 23.1 Å². The van der Waals surface area contributed by atoms with Crippen molar-refractivity contribution in [2.75, 3.05) is 39.7 Å². The molecule has 182 valence electrons.